The van der Waals surface area contributed by atoms with E-state index in [9.17, 15) is 14.9 Å². The predicted molar refractivity (Wildman–Crippen MR) is 113 cm³/mol. The van der Waals surface area contributed by atoms with Crippen molar-refractivity contribution in [2.75, 3.05) is 29.4 Å². The van der Waals surface area contributed by atoms with E-state index >= 15 is 0 Å². The Morgan fingerprint density at radius 2 is 1.93 bits per heavy atom. The molecule has 29 heavy (non-hydrogen) atoms. The van der Waals surface area contributed by atoms with Crippen LogP contribution in [0.15, 0.2) is 48.5 Å². The van der Waals surface area contributed by atoms with Gasteiger partial charge in [-0.25, -0.2) is 0 Å². The molecule has 4 rings (SSSR count). The maximum atomic E-state index is 13.0. The molecule has 1 fully saturated rings. The van der Waals surface area contributed by atoms with Crippen LogP contribution < -0.4 is 15.1 Å². The van der Waals surface area contributed by atoms with Gasteiger partial charge in [-0.1, -0.05) is 18.2 Å². The molecule has 2 aliphatic rings. The van der Waals surface area contributed by atoms with Crippen LogP contribution in [0.1, 0.15) is 19.4 Å². The maximum Gasteiger partial charge on any atom is 0.269 e. The Morgan fingerprint density at radius 1 is 1.17 bits per heavy atom. The minimum Gasteiger partial charge on any atom is -0.368 e. The molecule has 0 aromatic heterocycles. The third-order valence-corrected chi connectivity index (χ3v) is 5.80. The molecule has 1 saturated heterocycles. The molecule has 2 atom stereocenters. The zero-order valence-corrected chi connectivity index (χ0v) is 16.7. The topological polar surface area (TPSA) is 78.7 Å². The first-order valence-electron chi connectivity index (χ1n) is 10.1. The number of hydrogen-bond acceptors (Lipinski definition) is 5. The van der Waals surface area contributed by atoms with Gasteiger partial charge >= 0.3 is 0 Å². The number of non-ortho nitro benzene ring substituents is 1. The monoisotopic (exact) mass is 394 g/mol. The molecule has 7 nitrogen and oxygen atoms in total. The summed E-state index contributed by atoms with van der Waals surface area (Å²) in [6.07, 6.45) is 0.513. The summed E-state index contributed by atoms with van der Waals surface area (Å²) in [6.45, 7) is 6.27. The van der Waals surface area contributed by atoms with E-state index in [0.717, 1.165) is 36.6 Å². The molecule has 2 aromatic carbocycles. The van der Waals surface area contributed by atoms with Crippen LogP contribution >= 0.6 is 0 Å². The molecule has 1 amide bonds. The van der Waals surface area contributed by atoms with Crippen LogP contribution in [-0.4, -0.2) is 42.5 Å². The van der Waals surface area contributed by atoms with Gasteiger partial charge in [-0.15, -0.1) is 0 Å². The van der Waals surface area contributed by atoms with Gasteiger partial charge in [0.25, 0.3) is 5.69 Å². The summed E-state index contributed by atoms with van der Waals surface area (Å²) in [5.41, 5.74) is 3.13. The number of nitro groups is 1. The number of amides is 1. The molecule has 1 N–H and O–H groups in total. The quantitative estimate of drug-likeness (QED) is 0.637. The molecule has 0 spiro atoms. The molecule has 0 saturated carbocycles. The van der Waals surface area contributed by atoms with Crippen LogP contribution in [0.2, 0.25) is 0 Å². The van der Waals surface area contributed by atoms with Crippen molar-refractivity contribution in [3.8, 4) is 0 Å². The molecular formula is C22H26N4O3. The third kappa shape index (κ3) is 3.77. The van der Waals surface area contributed by atoms with Crippen molar-refractivity contribution in [2.45, 2.75) is 32.4 Å². The summed E-state index contributed by atoms with van der Waals surface area (Å²) in [4.78, 5) is 28.5. The first-order chi connectivity index (χ1) is 13.9. The highest BCUT2D eigenvalue weighted by molar-refractivity contribution is 5.82. The number of carbonyl (C=O) groups is 1. The van der Waals surface area contributed by atoms with E-state index in [0.29, 0.717) is 6.42 Å². The minimum absolute atomic E-state index is 0.0158. The Kier molecular flexibility index (Phi) is 5.13. The minimum atomic E-state index is -0.372. The lowest BCUT2D eigenvalue weighted by Crippen LogP contribution is -2.61. The van der Waals surface area contributed by atoms with E-state index in [1.54, 1.807) is 12.1 Å². The van der Waals surface area contributed by atoms with Gasteiger partial charge in [0, 0.05) is 49.2 Å². The van der Waals surface area contributed by atoms with Crippen LogP contribution in [0.25, 0.3) is 0 Å². The van der Waals surface area contributed by atoms with Gasteiger partial charge in [0.05, 0.1) is 16.9 Å². The Labute approximate surface area is 170 Å². The lowest BCUT2D eigenvalue weighted by molar-refractivity contribution is -0.384. The third-order valence-electron chi connectivity index (χ3n) is 5.80. The lowest BCUT2D eigenvalue weighted by Gasteiger charge is -2.49. The van der Waals surface area contributed by atoms with Crippen molar-refractivity contribution in [2.24, 2.45) is 5.92 Å². The van der Waals surface area contributed by atoms with Crippen LogP contribution in [-0.2, 0) is 11.2 Å². The van der Waals surface area contributed by atoms with Gasteiger partial charge in [0.1, 0.15) is 0 Å². The molecule has 2 aromatic rings. The Balaban J connectivity index is 1.68. The number of nitrogens with one attached hydrogen (secondary N) is 1. The SMILES string of the molecule is CC(C)NC(=O)C1Cc2cc([N+](=O)[O-])ccc2N2CCN(c3ccccc3)CC12. The number of benzene rings is 2. The van der Waals surface area contributed by atoms with Crippen molar-refractivity contribution in [3.63, 3.8) is 0 Å². The molecule has 0 bridgehead atoms. The van der Waals surface area contributed by atoms with E-state index in [1.165, 1.54) is 0 Å². The fraction of sp³-hybridized carbons (Fsp3) is 0.409. The van der Waals surface area contributed by atoms with Gasteiger partial charge in [0.15, 0.2) is 0 Å². The first kappa shape index (κ1) is 19.2. The second-order valence-electron chi connectivity index (χ2n) is 8.09. The average Bonchev–Trinajstić information content (AvgIpc) is 2.72. The van der Waals surface area contributed by atoms with E-state index in [4.69, 9.17) is 0 Å². The smallest absolute Gasteiger partial charge is 0.269 e. The number of anilines is 2. The lowest BCUT2D eigenvalue weighted by atomic mass is 9.83. The number of nitro benzene ring substituents is 1. The van der Waals surface area contributed by atoms with Crippen molar-refractivity contribution < 1.29 is 9.72 Å². The number of piperazine rings is 1. The predicted octanol–water partition coefficient (Wildman–Crippen LogP) is 2.99. The molecule has 0 radical (unpaired) electrons. The summed E-state index contributed by atoms with van der Waals surface area (Å²) in [5.74, 6) is -0.236. The molecular weight excluding hydrogens is 368 g/mol. The molecule has 2 heterocycles. The van der Waals surface area contributed by atoms with E-state index in [2.05, 4.69) is 27.2 Å². The summed E-state index contributed by atoms with van der Waals surface area (Å²) >= 11 is 0. The number of carbonyl (C=O) groups excluding carboxylic acids is 1. The number of nitrogens with zero attached hydrogens (tertiary/aromatic N) is 3. The average molecular weight is 394 g/mol. The first-order valence-corrected chi connectivity index (χ1v) is 10.1. The van der Waals surface area contributed by atoms with Gasteiger partial charge in [-0.2, -0.15) is 0 Å². The molecule has 2 aliphatic heterocycles. The zero-order chi connectivity index (χ0) is 20.5. The van der Waals surface area contributed by atoms with Crippen LogP contribution in [0.5, 0.6) is 0 Å². The van der Waals surface area contributed by atoms with Crippen molar-refractivity contribution in [1.82, 2.24) is 5.32 Å². The standard InChI is InChI=1S/C22H26N4O3/c1-15(2)23-22(27)19-13-16-12-18(26(28)29)8-9-20(16)25-11-10-24(14-21(19)25)17-6-4-3-5-7-17/h3-9,12,15,19,21H,10-11,13-14H2,1-2H3,(H,23,27). The van der Waals surface area contributed by atoms with Gasteiger partial charge in [-0.3, -0.25) is 14.9 Å². The fourth-order valence-corrected chi connectivity index (χ4v) is 4.49. The number of hydrogen-bond donors (Lipinski definition) is 1. The van der Waals surface area contributed by atoms with Gasteiger partial charge in [-0.05, 0) is 44.0 Å². The highest BCUT2D eigenvalue weighted by atomic mass is 16.6. The normalized spacial score (nSPS) is 20.8. The second kappa shape index (κ2) is 7.73. The highest BCUT2D eigenvalue weighted by Crippen LogP contribution is 2.38. The Morgan fingerprint density at radius 3 is 2.62 bits per heavy atom. The van der Waals surface area contributed by atoms with E-state index in [1.807, 2.05) is 38.1 Å². The van der Waals surface area contributed by atoms with Crippen molar-refractivity contribution in [3.05, 3.63) is 64.2 Å². The molecule has 7 heteroatoms. The van der Waals surface area contributed by atoms with E-state index in [-0.39, 0.29) is 34.5 Å². The van der Waals surface area contributed by atoms with Crippen molar-refractivity contribution >= 4 is 23.0 Å². The van der Waals surface area contributed by atoms with Crippen LogP contribution in [0, 0.1) is 16.0 Å². The summed E-state index contributed by atoms with van der Waals surface area (Å²) in [6, 6.07) is 15.4. The number of fused-ring (bicyclic) bond motifs is 3. The Hall–Kier alpha value is -3.09. The van der Waals surface area contributed by atoms with Gasteiger partial charge in [0.2, 0.25) is 5.91 Å². The zero-order valence-electron chi connectivity index (χ0n) is 16.7. The largest absolute Gasteiger partial charge is 0.368 e. The number of rotatable bonds is 4. The van der Waals surface area contributed by atoms with Crippen LogP contribution in [0.4, 0.5) is 17.1 Å². The molecule has 2 unspecified atom stereocenters. The molecule has 152 valence electrons. The summed E-state index contributed by atoms with van der Waals surface area (Å²) in [7, 11) is 0. The molecule has 0 aliphatic carbocycles. The highest BCUT2D eigenvalue weighted by Gasteiger charge is 2.42. The summed E-state index contributed by atoms with van der Waals surface area (Å²) < 4.78 is 0. The fourth-order valence-electron chi connectivity index (χ4n) is 4.49. The Bertz CT molecular complexity index is 916. The second-order valence-corrected chi connectivity index (χ2v) is 8.09. The van der Waals surface area contributed by atoms with Crippen molar-refractivity contribution in [1.29, 1.82) is 0 Å². The number of para-hydroxylation sites is 1. The van der Waals surface area contributed by atoms with Crippen LogP contribution in [0.3, 0.4) is 0 Å². The van der Waals surface area contributed by atoms with E-state index < -0.39 is 0 Å². The maximum absolute atomic E-state index is 13.0. The summed E-state index contributed by atoms with van der Waals surface area (Å²) in [5, 5.41) is 14.3. The van der Waals surface area contributed by atoms with Gasteiger partial charge < -0.3 is 15.1 Å².